The van der Waals surface area contributed by atoms with Gasteiger partial charge in [-0.3, -0.25) is 0 Å². The zero-order valence-electron chi connectivity index (χ0n) is 11.8. The number of hydrogen-bond acceptors (Lipinski definition) is 1. The summed E-state index contributed by atoms with van der Waals surface area (Å²) in [6.45, 7) is 5.62. The van der Waals surface area contributed by atoms with Crippen LogP contribution in [0.2, 0.25) is 0 Å². The summed E-state index contributed by atoms with van der Waals surface area (Å²) in [6, 6.07) is 6.13. The summed E-state index contributed by atoms with van der Waals surface area (Å²) in [5.74, 6) is -0.183. The van der Waals surface area contributed by atoms with Crippen molar-refractivity contribution in [2.75, 3.05) is 6.54 Å². The second-order valence-electron chi connectivity index (χ2n) is 6.14. The van der Waals surface area contributed by atoms with Crippen LogP contribution in [0.3, 0.4) is 0 Å². The largest absolute Gasteiger partial charge is 0.313 e. The second-order valence-corrected chi connectivity index (χ2v) is 7.00. The van der Waals surface area contributed by atoms with E-state index in [0.29, 0.717) is 4.47 Å². The van der Waals surface area contributed by atoms with Crippen molar-refractivity contribution >= 4 is 15.9 Å². The Bertz CT molecular complexity index is 431. The Morgan fingerprint density at radius 1 is 1.42 bits per heavy atom. The molecular weight excluding hydrogens is 305 g/mol. The van der Waals surface area contributed by atoms with Crippen LogP contribution in [0.5, 0.6) is 0 Å². The van der Waals surface area contributed by atoms with Crippen molar-refractivity contribution in [3.05, 3.63) is 34.1 Å². The molecule has 1 aliphatic rings. The van der Waals surface area contributed by atoms with Gasteiger partial charge in [0.05, 0.1) is 4.47 Å². The fraction of sp³-hybridized carbons (Fsp3) is 0.625. The predicted molar refractivity (Wildman–Crippen MR) is 81.8 cm³/mol. The van der Waals surface area contributed by atoms with Crippen LogP contribution in [0, 0.1) is 11.2 Å². The minimum Gasteiger partial charge on any atom is -0.313 e. The van der Waals surface area contributed by atoms with Crippen molar-refractivity contribution in [1.82, 2.24) is 5.32 Å². The van der Waals surface area contributed by atoms with E-state index in [1.165, 1.54) is 31.2 Å². The van der Waals surface area contributed by atoms with Crippen LogP contribution in [0.1, 0.15) is 45.1 Å². The number of halogens is 2. The van der Waals surface area contributed by atoms with Gasteiger partial charge in [0.15, 0.2) is 0 Å². The number of benzene rings is 1. The average Bonchev–Trinajstić information content (AvgIpc) is 3.16. The van der Waals surface area contributed by atoms with Crippen molar-refractivity contribution in [2.45, 2.75) is 52.0 Å². The standard InChI is InChI=1S/C16H23BrFN/c1-3-8-16(2,11-19-13-5-6-13)10-12-4-7-15(18)14(17)9-12/h4,7,9,13,19H,3,5-6,8,10-11H2,1-2H3. The molecule has 0 bridgehead atoms. The predicted octanol–water partition coefficient (Wildman–Crippen LogP) is 4.69. The Kier molecular flexibility index (Phi) is 5.02. The van der Waals surface area contributed by atoms with Crippen LogP contribution in [0.15, 0.2) is 22.7 Å². The molecule has 0 amide bonds. The molecule has 19 heavy (non-hydrogen) atoms. The molecule has 0 heterocycles. The zero-order chi connectivity index (χ0) is 13.9. The van der Waals surface area contributed by atoms with Gasteiger partial charge in [0.25, 0.3) is 0 Å². The minimum absolute atomic E-state index is 0.183. The summed E-state index contributed by atoms with van der Waals surface area (Å²) in [5.41, 5.74) is 1.47. The quantitative estimate of drug-likeness (QED) is 0.766. The SMILES string of the molecule is CCCC(C)(CNC1CC1)Cc1ccc(F)c(Br)c1. The van der Waals surface area contributed by atoms with Crippen molar-refractivity contribution in [1.29, 1.82) is 0 Å². The first-order chi connectivity index (χ1) is 9.02. The summed E-state index contributed by atoms with van der Waals surface area (Å²) >= 11 is 3.27. The van der Waals surface area contributed by atoms with Crippen LogP contribution in [0.25, 0.3) is 0 Å². The van der Waals surface area contributed by atoms with E-state index < -0.39 is 0 Å². The van der Waals surface area contributed by atoms with Gasteiger partial charge < -0.3 is 5.32 Å². The molecule has 0 aromatic heterocycles. The van der Waals surface area contributed by atoms with Gasteiger partial charge in [-0.15, -0.1) is 0 Å². The number of hydrogen-bond donors (Lipinski definition) is 1. The lowest BCUT2D eigenvalue weighted by molar-refractivity contribution is 0.274. The highest BCUT2D eigenvalue weighted by Gasteiger charge is 2.28. The van der Waals surface area contributed by atoms with Gasteiger partial charge in [-0.1, -0.05) is 26.3 Å². The Balaban J connectivity index is 2.02. The van der Waals surface area contributed by atoms with E-state index in [9.17, 15) is 4.39 Å². The Hall–Kier alpha value is -0.410. The van der Waals surface area contributed by atoms with Crippen LogP contribution < -0.4 is 5.32 Å². The van der Waals surface area contributed by atoms with E-state index in [2.05, 4.69) is 35.1 Å². The van der Waals surface area contributed by atoms with Gasteiger partial charge in [0.1, 0.15) is 5.82 Å². The maximum atomic E-state index is 13.3. The third kappa shape index (κ3) is 4.57. The maximum Gasteiger partial charge on any atom is 0.137 e. The molecular formula is C16H23BrFN. The molecule has 1 fully saturated rings. The molecule has 0 saturated heterocycles. The molecule has 0 radical (unpaired) electrons. The molecule has 1 aliphatic carbocycles. The Morgan fingerprint density at radius 3 is 2.74 bits per heavy atom. The van der Waals surface area contributed by atoms with Crippen molar-refractivity contribution < 1.29 is 4.39 Å². The van der Waals surface area contributed by atoms with Crippen LogP contribution in [0.4, 0.5) is 4.39 Å². The molecule has 1 nitrogen and oxygen atoms in total. The molecule has 1 N–H and O–H groups in total. The van der Waals surface area contributed by atoms with E-state index in [0.717, 1.165) is 19.0 Å². The minimum atomic E-state index is -0.183. The summed E-state index contributed by atoms with van der Waals surface area (Å²) in [5, 5.41) is 3.64. The monoisotopic (exact) mass is 327 g/mol. The van der Waals surface area contributed by atoms with Gasteiger partial charge in [-0.25, -0.2) is 4.39 Å². The Labute approximate surface area is 124 Å². The van der Waals surface area contributed by atoms with Gasteiger partial charge in [-0.05, 0) is 64.7 Å². The smallest absolute Gasteiger partial charge is 0.137 e. The molecule has 1 saturated carbocycles. The molecule has 3 heteroatoms. The van der Waals surface area contributed by atoms with Crippen LogP contribution in [-0.4, -0.2) is 12.6 Å². The topological polar surface area (TPSA) is 12.0 Å². The first kappa shape index (κ1) is 15.0. The first-order valence-corrected chi connectivity index (χ1v) is 7.99. The lowest BCUT2D eigenvalue weighted by Gasteiger charge is -2.30. The highest BCUT2D eigenvalue weighted by Crippen LogP contribution is 2.30. The Morgan fingerprint density at radius 2 is 2.16 bits per heavy atom. The van der Waals surface area contributed by atoms with E-state index >= 15 is 0 Å². The lowest BCUT2D eigenvalue weighted by atomic mass is 9.79. The second kappa shape index (κ2) is 6.36. The van der Waals surface area contributed by atoms with Crippen LogP contribution in [-0.2, 0) is 6.42 Å². The number of rotatable bonds is 7. The average molecular weight is 328 g/mol. The summed E-state index contributed by atoms with van der Waals surface area (Å²) in [4.78, 5) is 0. The lowest BCUT2D eigenvalue weighted by Crippen LogP contribution is -2.34. The molecule has 1 atom stereocenters. The van der Waals surface area contributed by atoms with Gasteiger partial charge >= 0.3 is 0 Å². The highest BCUT2D eigenvalue weighted by atomic mass is 79.9. The van der Waals surface area contributed by atoms with Crippen LogP contribution >= 0.6 is 15.9 Å². The third-order valence-electron chi connectivity index (χ3n) is 3.86. The van der Waals surface area contributed by atoms with E-state index in [-0.39, 0.29) is 11.2 Å². The summed E-state index contributed by atoms with van der Waals surface area (Å²) in [6.07, 6.45) is 6.03. The van der Waals surface area contributed by atoms with Gasteiger partial charge in [0.2, 0.25) is 0 Å². The molecule has 2 rings (SSSR count). The highest BCUT2D eigenvalue weighted by molar-refractivity contribution is 9.10. The van der Waals surface area contributed by atoms with E-state index in [1.54, 1.807) is 6.07 Å². The molecule has 106 valence electrons. The summed E-state index contributed by atoms with van der Waals surface area (Å²) in [7, 11) is 0. The molecule has 1 unspecified atom stereocenters. The third-order valence-corrected chi connectivity index (χ3v) is 4.47. The van der Waals surface area contributed by atoms with Gasteiger partial charge in [-0.2, -0.15) is 0 Å². The van der Waals surface area contributed by atoms with Crippen molar-refractivity contribution in [3.8, 4) is 0 Å². The molecule has 0 aliphatic heterocycles. The van der Waals surface area contributed by atoms with Crippen molar-refractivity contribution in [3.63, 3.8) is 0 Å². The van der Waals surface area contributed by atoms with E-state index in [1.807, 2.05) is 12.1 Å². The number of nitrogens with one attached hydrogen (secondary N) is 1. The molecule has 1 aromatic rings. The zero-order valence-corrected chi connectivity index (χ0v) is 13.4. The molecule has 1 aromatic carbocycles. The maximum absolute atomic E-state index is 13.3. The fourth-order valence-corrected chi connectivity index (χ4v) is 3.09. The normalized spacial score (nSPS) is 18.3. The first-order valence-electron chi connectivity index (χ1n) is 7.20. The molecule has 0 spiro atoms. The fourth-order valence-electron chi connectivity index (χ4n) is 2.66. The van der Waals surface area contributed by atoms with Crippen molar-refractivity contribution in [2.24, 2.45) is 5.41 Å². The summed E-state index contributed by atoms with van der Waals surface area (Å²) < 4.78 is 13.9. The van der Waals surface area contributed by atoms with Gasteiger partial charge in [0, 0.05) is 12.6 Å². The van der Waals surface area contributed by atoms with E-state index in [4.69, 9.17) is 0 Å².